The first-order valence-corrected chi connectivity index (χ1v) is 16.5. The topological polar surface area (TPSA) is 144 Å². The average Bonchev–Trinajstić information content (AvgIpc) is 3.50. The quantitative estimate of drug-likeness (QED) is 0.101. The highest BCUT2D eigenvalue weighted by atomic mass is 35.5. The summed E-state index contributed by atoms with van der Waals surface area (Å²) in [6.45, 7) is 0.495. The Bertz CT molecular complexity index is 1800. The van der Waals surface area contributed by atoms with Gasteiger partial charge in [-0.2, -0.15) is 10.5 Å². The van der Waals surface area contributed by atoms with Gasteiger partial charge in [0.2, 0.25) is 5.91 Å². The number of carbonyl (C=O) groups is 2. The first-order valence-electron chi connectivity index (χ1n) is 14.3. The number of rotatable bonds is 14. The molecule has 0 saturated heterocycles. The van der Waals surface area contributed by atoms with E-state index in [0.29, 0.717) is 32.7 Å². The van der Waals surface area contributed by atoms with Crippen molar-refractivity contribution < 1.29 is 19.1 Å². The summed E-state index contributed by atoms with van der Waals surface area (Å²) < 4.78 is 10.9. The summed E-state index contributed by atoms with van der Waals surface area (Å²) in [4.78, 5) is 37.3. The van der Waals surface area contributed by atoms with Crippen LogP contribution in [-0.2, 0) is 20.1 Å². The highest BCUT2D eigenvalue weighted by molar-refractivity contribution is 7.98. The maximum absolute atomic E-state index is 12.8. The lowest BCUT2D eigenvalue weighted by molar-refractivity contribution is -0.145. The van der Waals surface area contributed by atoms with Gasteiger partial charge in [0.05, 0.1) is 24.3 Å². The Morgan fingerprint density at radius 3 is 2.21 bits per heavy atom. The molecule has 2 aromatic carbocycles. The zero-order valence-electron chi connectivity index (χ0n) is 26.2. The van der Waals surface area contributed by atoms with E-state index < -0.39 is 0 Å². The van der Waals surface area contributed by atoms with Gasteiger partial charge < -0.3 is 19.7 Å². The molecule has 2 heterocycles. The Kier molecular flexibility index (Phi) is 12.7. The second-order valence-corrected chi connectivity index (χ2v) is 12.9. The normalized spacial score (nSPS) is 10.8. The number of hydrogen-bond acceptors (Lipinski definition) is 12. The molecule has 0 unspecified atom stereocenters. The predicted octanol–water partition coefficient (Wildman–Crippen LogP) is 5.54. The molecule has 1 N–H and O–H groups in total. The highest BCUT2D eigenvalue weighted by Crippen LogP contribution is 2.38. The number of thioether (sulfide) groups is 1. The number of nitrogens with zero attached hydrogens (tertiary/aromatic N) is 6. The van der Waals surface area contributed by atoms with E-state index in [1.165, 1.54) is 23.1 Å². The lowest BCUT2D eigenvalue weighted by atomic mass is 9.96. The Hall–Kier alpha value is -4.50. The third-order valence-electron chi connectivity index (χ3n) is 6.31. The van der Waals surface area contributed by atoms with Gasteiger partial charge in [-0.05, 0) is 58.0 Å². The summed E-state index contributed by atoms with van der Waals surface area (Å²) in [6, 6.07) is 18.7. The highest BCUT2D eigenvalue weighted by Gasteiger charge is 2.23. The van der Waals surface area contributed by atoms with Gasteiger partial charge in [0.15, 0.2) is 5.82 Å². The number of likely N-dealkylation sites (N-methyl/N-ethyl adjacent to an activating group) is 2. The van der Waals surface area contributed by atoms with Gasteiger partial charge in [-0.3, -0.25) is 14.5 Å². The van der Waals surface area contributed by atoms with Crippen LogP contribution in [0.15, 0.2) is 58.9 Å². The molecule has 242 valence electrons. The monoisotopic (exact) mass is 689 g/mol. The smallest absolute Gasteiger partial charge is 0.320 e. The molecule has 0 radical (unpaired) electrons. The van der Waals surface area contributed by atoms with Crippen molar-refractivity contribution in [1.82, 2.24) is 19.8 Å². The van der Waals surface area contributed by atoms with E-state index in [2.05, 4.69) is 22.4 Å². The second-order valence-electron chi connectivity index (χ2n) is 10.7. The summed E-state index contributed by atoms with van der Waals surface area (Å²) in [5, 5.41) is 27.1. The Morgan fingerprint density at radius 1 is 0.915 bits per heavy atom. The first kappa shape index (κ1) is 35.4. The van der Waals surface area contributed by atoms with Gasteiger partial charge in [-0.1, -0.05) is 47.6 Å². The molecular formula is C33H32ClN7O4S2. The summed E-state index contributed by atoms with van der Waals surface area (Å²) in [5.41, 5.74) is 2.90. The minimum absolute atomic E-state index is 0.0656. The maximum atomic E-state index is 12.8. The number of esters is 1. The number of benzene rings is 2. The lowest BCUT2D eigenvalue weighted by Gasteiger charge is -2.16. The van der Waals surface area contributed by atoms with Gasteiger partial charge in [0.1, 0.15) is 46.7 Å². The fraction of sp³-hybridized carbons (Fsp3) is 0.273. The van der Waals surface area contributed by atoms with Crippen LogP contribution in [0.2, 0.25) is 5.02 Å². The molecule has 2 aromatic heterocycles. The second kappa shape index (κ2) is 16.9. The molecule has 14 heteroatoms. The molecule has 0 aliphatic carbocycles. The molecule has 11 nitrogen and oxygen atoms in total. The summed E-state index contributed by atoms with van der Waals surface area (Å²) in [6.07, 6.45) is 0. The molecule has 0 aliphatic heterocycles. The molecule has 1 amide bonds. The van der Waals surface area contributed by atoms with E-state index >= 15 is 0 Å². The van der Waals surface area contributed by atoms with Crippen LogP contribution in [0, 0.1) is 22.7 Å². The fourth-order valence-corrected chi connectivity index (χ4v) is 6.23. The van der Waals surface area contributed by atoms with Crippen LogP contribution in [0.4, 0.5) is 5.82 Å². The molecule has 4 aromatic rings. The van der Waals surface area contributed by atoms with E-state index in [4.69, 9.17) is 26.1 Å². The van der Waals surface area contributed by atoms with Gasteiger partial charge in [-0.25, -0.2) is 9.97 Å². The van der Waals surface area contributed by atoms with E-state index in [0.717, 1.165) is 16.3 Å². The third-order valence-corrected chi connectivity index (χ3v) is 8.51. The summed E-state index contributed by atoms with van der Waals surface area (Å²) >= 11 is 8.81. The number of pyridine rings is 1. The Balaban J connectivity index is 1.61. The zero-order valence-corrected chi connectivity index (χ0v) is 28.6. The Labute approximate surface area is 286 Å². The maximum Gasteiger partial charge on any atom is 0.320 e. The third kappa shape index (κ3) is 9.99. The van der Waals surface area contributed by atoms with Crippen molar-refractivity contribution in [3.05, 3.63) is 75.8 Å². The zero-order chi connectivity index (χ0) is 33.9. The average molecular weight is 690 g/mol. The SMILES string of the molecule is CN(C)CC(=O)Nc1nc(SCc2csc(-c3ccc(Cl)cc3)n2)c(C#N)c(-c2ccc(OCCOC(=O)CN(C)C)cc2)c1C#N. The summed E-state index contributed by atoms with van der Waals surface area (Å²) in [7, 11) is 7.07. The van der Waals surface area contributed by atoms with Crippen LogP contribution in [0.5, 0.6) is 5.75 Å². The van der Waals surface area contributed by atoms with Crippen molar-refractivity contribution >= 4 is 52.4 Å². The minimum Gasteiger partial charge on any atom is -0.490 e. The molecule has 0 bridgehead atoms. The van der Waals surface area contributed by atoms with Gasteiger partial charge >= 0.3 is 5.97 Å². The molecular weight excluding hydrogens is 658 g/mol. The number of amides is 1. The van der Waals surface area contributed by atoms with Crippen LogP contribution in [0.3, 0.4) is 0 Å². The fourth-order valence-electron chi connectivity index (χ4n) is 4.30. The van der Waals surface area contributed by atoms with E-state index in [9.17, 15) is 20.1 Å². The Morgan fingerprint density at radius 2 is 1.57 bits per heavy atom. The number of nitriles is 2. The van der Waals surface area contributed by atoms with Crippen LogP contribution < -0.4 is 10.1 Å². The van der Waals surface area contributed by atoms with Crippen LogP contribution >= 0.6 is 34.7 Å². The number of carbonyl (C=O) groups excluding carboxylic acids is 2. The van der Waals surface area contributed by atoms with Crippen molar-refractivity contribution in [2.45, 2.75) is 10.8 Å². The number of aromatic nitrogens is 2. The number of hydrogen-bond donors (Lipinski definition) is 1. The van der Waals surface area contributed by atoms with Crippen LogP contribution in [0.1, 0.15) is 16.8 Å². The van der Waals surface area contributed by atoms with Gasteiger partial charge in [0.25, 0.3) is 0 Å². The lowest BCUT2D eigenvalue weighted by Crippen LogP contribution is -2.28. The van der Waals surface area contributed by atoms with Crippen LogP contribution in [-0.4, -0.2) is 86.1 Å². The largest absolute Gasteiger partial charge is 0.490 e. The van der Waals surface area contributed by atoms with Gasteiger partial charge in [0, 0.05) is 27.3 Å². The van der Waals surface area contributed by atoms with E-state index in [1.54, 1.807) is 62.3 Å². The number of nitrogens with one attached hydrogen (secondary N) is 1. The van der Waals surface area contributed by atoms with Crippen molar-refractivity contribution in [1.29, 1.82) is 10.5 Å². The molecule has 0 spiro atoms. The summed E-state index contributed by atoms with van der Waals surface area (Å²) in [5.74, 6) is 0.272. The predicted molar refractivity (Wildman–Crippen MR) is 183 cm³/mol. The molecule has 0 atom stereocenters. The number of anilines is 1. The first-order chi connectivity index (χ1) is 22.6. The molecule has 4 rings (SSSR count). The molecule has 0 saturated carbocycles. The number of ether oxygens (including phenoxy) is 2. The van der Waals surface area contributed by atoms with Crippen molar-refractivity contribution in [3.8, 4) is 39.6 Å². The minimum atomic E-state index is -0.354. The molecule has 47 heavy (non-hydrogen) atoms. The van der Waals surface area contributed by atoms with Crippen molar-refractivity contribution in [2.24, 2.45) is 0 Å². The number of halogens is 1. The van der Waals surface area contributed by atoms with E-state index in [1.807, 2.05) is 29.6 Å². The molecule has 0 fully saturated rings. The number of thiazole rings is 1. The van der Waals surface area contributed by atoms with E-state index in [-0.39, 0.29) is 55.1 Å². The standard InChI is InChI=1S/C33H32ClN7O4S2/c1-40(2)17-28(42)38-31-26(15-35)30(21-7-11-25(12-8-21)44-13-14-45-29(43)18-41(3)4)27(16-36)33(39-31)47-20-24-19-46-32(37-24)22-5-9-23(34)10-6-22/h5-12,19H,13-14,17-18,20H2,1-4H3,(H,38,39,42). The molecule has 0 aliphatic rings. The van der Waals surface area contributed by atoms with Crippen LogP contribution in [0.25, 0.3) is 21.7 Å². The van der Waals surface area contributed by atoms with Crippen molar-refractivity contribution in [3.63, 3.8) is 0 Å². The van der Waals surface area contributed by atoms with Crippen molar-refractivity contribution in [2.75, 3.05) is 59.8 Å². The van der Waals surface area contributed by atoms with Gasteiger partial charge in [-0.15, -0.1) is 11.3 Å².